The van der Waals surface area contributed by atoms with Crippen LogP contribution in [0.3, 0.4) is 0 Å². The van der Waals surface area contributed by atoms with Crippen LogP contribution >= 0.6 is 0 Å². The second-order valence-electron chi connectivity index (χ2n) is 7.37. The Morgan fingerprint density at radius 2 is 1.81 bits per heavy atom. The Labute approximate surface area is 182 Å². The first kappa shape index (κ1) is 22.5. The maximum absolute atomic E-state index is 11.5. The molecule has 0 radical (unpaired) electrons. The lowest BCUT2D eigenvalue weighted by atomic mass is 10.1. The van der Waals surface area contributed by atoms with E-state index in [-0.39, 0.29) is 6.04 Å². The molecule has 0 saturated carbocycles. The van der Waals surface area contributed by atoms with Crippen molar-refractivity contribution in [1.29, 1.82) is 0 Å². The van der Waals surface area contributed by atoms with Gasteiger partial charge in [0.25, 0.3) is 5.91 Å². The molecule has 6 nitrogen and oxygen atoms in total. The summed E-state index contributed by atoms with van der Waals surface area (Å²) in [5.74, 6) is 0.300. The van der Waals surface area contributed by atoms with Crippen molar-refractivity contribution >= 4 is 22.8 Å². The van der Waals surface area contributed by atoms with E-state index in [0.29, 0.717) is 25.3 Å². The Bertz CT molecular complexity index is 1030. The van der Waals surface area contributed by atoms with Crippen LogP contribution in [0.5, 0.6) is 5.75 Å². The lowest BCUT2D eigenvalue weighted by Gasteiger charge is -2.16. The molecule has 3 aromatic carbocycles. The fraction of sp³-hybridized carbons (Fsp3) is 0.240. The van der Waals surface area contributed by atoms with Crippen LogP contribution in [-0.4, -0.2) is 44.0 Å². The van der Waals surface area contributed by atoms with Crippen molar-refractivity contribution in [3.8, 4) is 5.75 Å². The van der Waals surface area contributed by atoms with Crippen LogP contribution in [0.2, 0.25) is 0 Å². The number of ether oxygens (including phenoxy) is 2. The molecule has 3 rings (SSSR count). The van der Waals surface area contributed by atoms with Crippen LogP contribution < -0.4 is 15.5 Å². The van der Waals surface area contributed by atoms with Gasteiger partial charge < -0.3 is 14.8 Å². The summed E-state index contributed by atoms with van der Waals surface area (Å²) in [7, 11) is 1.68. The van der Waals surface area contributed by atoms with Gasteiger partial charge in [-0.25, -0.2) is 5.48 Å². The fourth-order valence-electron chi connectivity index (χ4n) is 3.28. The molecule has 3 aromatic rings. The van der Waals surface area contributed by atoms with Crippen molar-refractivity contribution in [3.05, 3.63) is 83.4 Å². The molecule has 0 fully saturated rings. The first-order valence-electron chi connectivity index (χ1n) is 10.2. The molecule has 6 heteroatoms. The average molecular weight is 421 g/mol. The van der Waals surface area contributed by atoms with Gasteiger partial charge in [0.1, 0.15) is 12.4 Å². The SMILES string of the molecule is COCC(C)NC/C(=C/c1ccc(C(=O)NO)cc1)COc1cccc2ccccc12. The molecule has 0 aliphatic rings. The van der Waals surface area contributed by atoms with Gasteiger partial charge in [-0.15, -0.1) is 0 Å². The average Bonchev–Trinajstić information content (AvgIpc) is 2.81. The van der Waals surface area contributed by atoms with E-state index in [1.54, 1.807) is 24.7 Å². The van der Waals surface area contributed by atoms with Gasteiger partial charge in [-0.2, -0.15) is 0 Å². The van der Waals surface area contributed by atoms with E-state index in [2.05, 4.69) is 30.4 Å². The van der Waals surface area contributed by atoms with Crippen LogP contribution in [0, 0.1) is 0 Å². The number of carbonyl (C=O) groups excluding carboxylic acids is 1. The number of carbonyl (C=O) groups is 1. The number of nitrogens with one attached hydrogen (secondary N) is 2. The molecule has 31 heavy (non-hydrogen) atoms. The van der Waals surface area contributed by atoms with E-state index in [1.165, 1.54) is 0 Å². The molecule has 0 aliphatic heterocycles. The first-order chi connectivity index (χ1) is 15.1. The summed E-state index contributed by atoms with van der Waals surface area (Å²) in [4.78, 5) is 11.5. The van der Waals surface area contributed by atoms with E-state index in [0.717, 1.165) is 27.7 Å². The number of hydrogen-bond donors (Lipinski definition) is 3. The first-order valence-corrected chi connectivity index (χ1v) is 10.2. The summed E-state index contributed by atoms with van der Waals surface area (Å²) >= 11 is 0. The van der Waals surface area contributed by atoms with Crippen molar-refractivity contribution in [2.75, 3.05) is 26.9 Å². The minimum Gasteiger partial charge on any atom is -0.489 e. The summed E-state index contributed by atoms with van der Waals surface area (Å²) in [6, 6.07) is 21.4. The second-order valence-corrected chi connectivity index (χ2v) is 7.37. The van der Waals surface area contributed by atoms with Gasteiger partial charge >= 0.3 is 0 Å². The van der Waals surface area contributed by atoms with Gasteiger partial charge in [0.05, 0.1) is 6.61 Å². The molecule has 3 N–H and O–H groups in total. The molecule has 1 amide bonds. The lowest BCUT2D eigenvalue weighted by molar-refractivity contribution is 0.0706. The summed E-state index contributed by atoms with van der Waals surface area (Å²) in [5.41, 5.74) is 4.02. The summed E-state index contributed by atoms with van der Waals surface area (Å²) in [6.07, 6.45) is 2.04. The Hall–Kier alpha value is -3.19. The highest BCUT2D eigenvalue weighted by Crippen LogP contribution is 2.25. The van der Waals surface area contributed by atoms with E-state index in [4.69, 9.17) is 14.7 Å². The zero-order valence-corrected chi connectivity index (χ0v) is 17.8. The van der Waals surface area contributed by atoms with E-state index < -0.39 is 5.91 Å². The van der Waals surface area contributed by atoms with Crippen molar-refractivity contribution in [2.45, 2.75) is 13.0 Å². The van der Waals surface area contributed by atoms with Crippen LogP contribution in [0.4, 0.5) is 0 Å². The zero-order chi connectivity index (χ0) is 22.1. The van der Waals surface area contributed by atoms with Gasteiger partial charge in [-0.05, 0) is 41.6 Å². The van der Waals surface area contributed by atoms with Crippen molar-refractivity contribution in [1.82, 2.24) is 10.8 Å². The number of benzene rings is 3. The largest absolute Gasteiger partial charge is 0.489 e. The van der Waals surface area contributed by atoms with E-state index in [1.807, 2.05) is 42.5 Å². The van der Waals surface area contributed by atoms with Gasteiger partial charge in [0, 0.05) is 30.6 Å². The predicted molar refractivity (Wildman–Crippen MR) is 122 cm³/mol. The van der Waals surface area contributed by atoms with Crippen LogP contribution in [0.15, 0.2) is 72.3 Å². The second kappa shape index (κ2) is 11.3. The van der Waals surface area contributed by atoms with Gasteiger partial charge in [-0.1, -0.05) is 54.6 Å². The Morgan fingerprint density at radius 3 is 2.55 bits per heavy atom. The highest BCUT2D eigenvalue weighted by atomic mass is 16.5. The Kier molecular flexibility index (Phi) is 8.18. The molecule has 0 bridgehead atoms. The van der Waals surface area contributed by atoms with Gasteiger partial charge in [0.15, 0.2) is 0 Å². The third kappa shape index (κ3) is 6.39. The summed E-state index contributed by atoms with van der Waals surface area (Å²) < 4.78 is 11.4. The quantitative estimate of drug-likeness (QED) is 0.341. The van der Waals surface area contributed by atoms with Crippen LogP contribution in [0.1, 0.15) is 22.8 Å². The topological polar surface area (TPSA) is 79.8 Å². The molecule has 1 atom stereocenters. The highest BCUT2D eigenvalue weighted by molar-refractivity contribution is 5.93. The van der Waals surface area contributed by atoms with E-state index in [9.17, 15) is 4.79 Å². The van der Waals surface area contributed by atoms with Crippen molar-refractivity contribution in [2.24, 2.45) is 0 Å². The minimum atomic E-state index is -0.537. The number of hydroxylamine groups is 1. The monoisotopic (exact) mass is 420 g/mol. The Morgan fingerprint density at radius 1 is 1.06 bits per heavy atom. The molecule has 0 aliphatic carbocycles. The molecule has 0 heterocycles. The maximum Gasteiger partial charge on any atom is 0.274 e. The molecule has 0 saturated heterocycles. The summed E-state index contributed by atoms with van der Waals surface area (Å²) in [6.45, 7) is 3.73. The number of rotatable bonds is 10. The minimum absolute atomic E-state index is 0.196. The lowest BCUT2D eigenvalue weighted by Crippen LogP contribution is -2.32. The van der Waals surface area contributed by atoms with Crippen LogP contribution in [-0.2, 0) is 4.74 Å². The van der Waals surface area contributed by atoms with E-state index >= 15 is 0 Å². The maximum atomic E-state index is 11.5. The predicted octanol–water partition coefficient (Wildman–Crippen LogP) is 4.05. The number of hydrogen-bond acceptors (Lipinski definition) is 5. The van der Waals surface area contributed by atoms with Gasteiger partial charge in [0.2, 0.25) is 0 Å². The van der Waals surface area contributed by atoms with Crippen molar-refractivity contribution < 1.29 is 19.5 Å². The molecule has 0 aromatic heterocycles. The van der Waals surface area contributed by atoms with Crippen molar-refractivity contribution in [3.63, 3.8) is 0 Å². The molecule has 162 valence electrons. The molecular weight excluding hydrogens is 392 g/mol. The number of methoxy groups -OCH3 is 1. The summed E-state index contributed by atoms with van der Waals surface area (Å²) in [5, 5.41) is 14.4. The highest BCUT2D eigenvalue weighted by Gasteiger charge is 2.08. The van der Waals surface area contributed by atoms with Crippen LogP contribution in [0.25, 0.3) is 16.8 Å². The normalized spacial score (nSPS) is 12.5. The fourth-order valence-corrected chi connectivity index (χ4v) is 3.28. The Balaban J connectivity index is 1.78. The molecular formula is C25H28N2O4. The zero-order valence-electron chi connectivity index (χ0n) is 17.8. The number of amides is 1. The smallest absolute Gasteiger partial charge is 0.274 e. The van der Waals surface area contributed by atoms with Gasteiger partial charge in [-0.3, -0.25) is 10.0 Å². The number of fused-ring (bicyclic) bond motifs is 1. The third-order valence-corrected chi connectivity index (χ3v) is 4.90. The third-order valence-electron chi connectivity index (χ3n) is 4.90. The molecule has 1 unspecified atom stereocenters. The molecule has 0 spiro atoms. The standard InChI is InChI=1S/C25H28N2O4/c1-18(16-30-2)26-15-20(14-19-10-12-22(13-11-19)25(28)27-29)17-31-24-9-5-7-21-6-3-4-8-23(21)24/h3-14,18,26,29H,15-17H2,1-2H3,(H,27,28)/b20-14-.